The van der Waals surface area contributed by atoms with Crippen molar-refractivity contribution in [1.29, 1.82) is 0 Å². The topological polar surface area (TPSA) is 61.8 Å². The Morgan fingerprint density at radius 2 is 1.65 bits per heavy atom. The largest absolute Gasteiger partial charge is 0.511 e. The Labute approximate surface area is 133 Å². The second-order valence-corrected chi connectivity index (χ2v) is 5.21. The number of carbonyl (C=O) groups is 2. The highest BCUT2D eigenvalue weighted by Crippen LogP contribution is 2.44. The third-order valence-corrected chi connectivity index (χ3v) is 3.84. The SMILES string of the molecule is CC(OC=O)OC(=O)OCC1c2ccccc2-c2ccccc21. The summed E-state index contributed by atoms with van der Waals surface area (Å²) in [5, 5.41) is 0. The zero-order valence-corrected chi connectivity index (χ0v) is 12.6. The molecule has 0 N–H and O–H groups in total. The van der Waals surface area contributed by atoms with Crippen molar-refractivity contribution in [2.45, 2.75) is 19.1 Å². The van der Waals surface area contributed by atoms with E-state index < -0.39 is 12.4 Å². The molecule has 5 nitrogen and oxygen atoms in total. The first-order valence-corrected chi connectivity index (χ1v) is 7.31. The quantitative estimate of drug-likeness (QED) is 0.480. The predicted molar refractivity (Wildman–Crippen MR) is 82.8 cm³/mol. The number of benzene rings is 2. The number of hydrogen-bond acceptors (Lipinski definition) is 5. The van der Waals surface area contributed by atoms with E-state index in [1.54, 1.807) is 0 Å². The van der Waals surface area contributed by atoms with Gasteiger partial charge in [-0.2, -0.15) is 0 Å². The maximum atomic E-state index is 11.7. The molecule has 2 aromatic rings. The molecule has 2 aromatic carbocycles. The van der Waals surface area contributed by atoms with Crippen LogP contribution >= 0.6 is 0 Å². The van der Waals surface area contributed by atoms with E-state index in [1.807, 2.05) is 36.4 Å². The Bertz CT molecular complexity index is 679. The average Bonchev–Trinajstić information content (AvgIpc) is 2.87. The number of hydrogen-bond donors (Lipinski definition) is 0. The van der Waals surface area contributed by atoms with Crippen molar-refractivity contribution < 1.29 is 23.8 Å². The van der Waals surface area contributed by atoms with Gasteiger partial charge in [0.1, 0.15) is 6.61 Å². The minimum absolute atomic E-state index is 0.0303. The second kappa shape index (κ2) is 6.52. The minimum Gasteiger partial charge on any atom is -0.433 e. The molecule has 0 radical (unpaired) electrons. The molecule has 0 saturated heterocycles. The molecular weight excluding hydrogens is 296 g/mol. The second-order valence-electron chi connectivity index (χ2n) is 5.21. The van der Waals surface area contributed by atoms with E-state index >= 15 is 0 Å². The molecule has 0 aromatic heterocycles. The fourth-order valence-corrected chi connectivity index (χ4v) is 2.87. The zero-order chi connectivity index (χ0) is 16.2. The number of carbonyl (C=O) groups excluding carboxylic acids is 2. The van der Waals surface area contributed by atoms with Gasteiger partial charge in [-0.3, -0.25) is 4.79 Å². The van der Waals surface area contributed by atoms with Crippen LogP contribution in [0.15, 0.2) is 48.5 Å². The number of fused-ring (bicyclic) bond motifs is 3. The lowest BCUT2D eigenvalue weighted by Gasteiger charge is -2.15. The molecule has 0 spiro atoms. The smallest absolute Gasteiger partial charge is 0.433 e. The molecule has 0 aliphatic heterocycles. The monoisotopic (exact) mass is 312 g/mol. The third kappa shape index (κ3) is 3.04. The van der Waals surface area contributed by atoms with E-state index in [0.717, 1.165) is 22.3 Å². The summed E-state index contributed by atoms with van der Waals surface area (Å²) < 4.78 is 14.5. The van der Waals surface area contributed by atoms with Crippen LogP contribution in [0.25, 0.3) is 11.1 Å². The molecule has 0 amide bonds. The highest BCUT2D eigenvalue weighted by atomic mass is 16.8. The third-order valence-electron chi connectivity index (χ3n) is 3.84. The molecule has 1 unspecified atom stereocenters. The molecule has 3 rings (SSSR count). The van der Waals surface area contributed by atoms with Gasteiger partial charge in [0.25, 0.3) is 6.47 Å². The maximum absolute atomic E-state index is 11.7. The van der Waals surface area contributed by atoms with Crippen LogP contribution in [0.5, 0.6) is 0 Å². The van der Waals surface area contributed by atoms with Gasteiger partial charge in [0.2, 0.25) is 6.29 Å². The van der Waals surface area contributed by atoms with Crippen LogP contribution in [0.3, 0.4) is 0 Å². The highest BCUT2D eigenvalue weighted by Gasteiger charge is 2.29. The van der Waals surface area contributed by atoms with E-state index in [-0.39, 0.29) is 19.0 Å². The van der Waals surface area contributed by atoms with Crippen LogP contribution < -0.4 is 0 Å². The van der Waals surface area contributed by atoms with E-state index in [4.69, 9.17) is 9.47 Å². The van der Waals surface area contributed by atoms with Crippen LogP contribution in [-0.2, 0) is 19.0 Å². The molecule has 23 heavy (non-hydrogen) atoms. The molecule has 118 valence electrons. The van der Waals surface area contributed by atoms with Crippen LogP contribution in [-0.4, -0.2) is 25.5 Å². The average molecular weight is 312 g/mol. The first-order valence-electron chi connectivity index (χ1n) is 7.31. The fourth-order valence-electron chi connectivity index (χ4n) is 2.87. The van der Waals surface area contributed by atoms with Crippen molar-refractivity contribution in [3.63, 3.8) is 0 Å². The van der Waals surface area contributed by atoms with Crippen LogP contribution in [0, 0.1) is 0 Å². The fraction of sp³-hybridized carbons (Fsp3) is 0.222. The van der Waals surface area contributed by atoms with Gasteiger partial charge in [-0.1, -0.05) is 48.5 Å². The normalized spacial score (nSPS) is 13.6. The summed E-state index contributed by atoms with van der Waals surface area (Å²) >= 11 is 0. The van der Waals surface area contributed by atoms with Crippen LogP contribution in [0.2, 0.25) is 0 Å². The van der Waals surface area contributed by atoms with Gasteiger partial charge in [0, 0.05) is 12.8 Å². The lowest BCUT2D eigenvalue weighted by Crippen LogP contribution is -2.20. The molecule has 0 fully saturated rings. The Morgan fingerprint density at radius 3 is 2.22 bits per heavy atom. The van der Waals surface area contributed by atoms with Gasteiger partial charge in [-0.15, -0.1) is 0 Å². The summed E-state index contributed by atoms with van der Waals surface area (Å²) in [4.78, 5) is 21.9. The van der Waals surface area contributed by atoms with Crippen LogP contribution in [0.1, 0.15) is 24.0 Å². The molecule has 1 atom stereocenters. The van der Waals surface area contributed by atoms with Crippen molar-refractivity contribution in [1.82, 2.24) is 0 Å². The van der Waals surface area contributed by atoms with Gasteiger partial charge < -0.3 is 14.2 Å². The number of ether oxygens (including phenoxy) is 3. The van der Waals surface area contributed by atoms with Crippen molar-refractivity contribution >= 4 is 12.6 Å². The van der Waals surface area contributed by atoms with Gasteiger partial charge in [0.05, 0.1) is 0 Å². The van der Waals surface area contributed by atoms with Crippen LogP contribution in [0.4, 0.5) is 4.79 Å². The maximum Gasteiger partial charge on any atom is 0.511 e. The molecule has 1 aliphatic rings. The number of rotatable bonds is 5. The van der Waals surface area contributed by atoms with Gasteiger partial charge in [-0.05, 0) is 22.3 Å². The van der Waals surface area contributed by atoms with Gasteiger partial charge in [0.15, 0.2) is 0 Å². The van der Waals surface area contributed by atoms with Gasteiger partial charge >= 0.3 is 6.16 Å². The lowest BCUT2D eigenvalue weighted by atomic mass is 9.98. The van der Waals surface area contributed by atoms with Crippen molar-refractivity contribution in [2.75, 3.05) is 6.61 Å². The molecule has 0 heterocycles. The summed E-state index contributed by atoms with van der Waals surface area (Å²) in [7, 11) is 0. The Balaban J connectivity index is 1.73. The first-order chi connectivity index (χ1) is 11.2. The van der Waals surface area contributed by atoms with Crippen molar-refractivity contribution in [2.24, 2.45) is 0 Å². The van der Waals surface area contributed by atoms with Gasteiger partial charge in [-0.25, -0.2) is 4.79 Å². The molecule has 0 bridgehead atoms. The molecule has 0 saturated carbocycles. The van der Waals surface area contributed by atoms with Crippen molar-refractivity contribution in [3.8, 4) is 11.1 Å². The predicted octanol–water partition coefficient (Wildman–Crippen LogP) is 3.47. The molecule has 1 aliphatic carbocycles. The molecular formula is C18H16O5. The molecule has 5 heteroatoms. The van der Waals surface area contributed by atoms with E-state index in [1.165, 1.54) is 6.92 Å². The summed E-state index contributed by atoms with van der Waals surface area (Å²) in [5.41, 5.74) is 4.56. The Kier molecular flexibility index (Phi) is 4.28. The summed E-state index contributed by atoms with van der Waals surface area (Å²) in [6, 6.07) is 16.1. The van der Waals surface area contributed by atoms with Crippen molar-refractivity contribution in [3.05, 3.63) is 59.7 Å². The Hall–Kier alpha value is -2.82. The van der Waals surface area contributed by atoms with E-state index in [0.29, 0.717) is 0 Å². The summed E-state index contributed by atoms with van der Waals surface area (Å²) in [6.45, 7) is 1.83. The standard InChI is InChI=1S/C18H16O5/c1-12(22-11-19)23-18(20)21-10-17-15-8-4-2-6-13(15)14-7-3-5-9-16(14)17/h2-9,11-12,17H,10H2,1H3. The summed E-state index contributed by atoms with van der Waals surface area (Å²) in [5.74, 6) is -0.0303. The zero-order valence-electron chi connectivity index (χ0n) is 12.6. The van der Waals surface area contributed by atoms with E-state index in [2.05, 4.69) is 16.9 Å². The minimum atomic E-state index is -0.969. The Morgan fingerprint density at radius 1 is 1.09 bits per heavy atom. The lowest BCUT2D eigenvalue weighted by molar-refractivity contribution is -0.152. The van der Waals surface area contributed by atoms with E-state index in [9.17, 15) is 9.59 Å². The summed E-state index contributed by atoms with van der Waals surface area (Å²) in [6.07, 6.45) is -1.83. The highest BCUT2D eigenvalue weighted by molar-refractivity contribution is 5.78. The first kappa shape index (κ1) is 15.1.